The van der Waals surface area contributed by atoms with E-state index in [1.54, 1.807) is 0 Å². The van der Waals surface area contributed by atoms with Crippen molar-refractivity contribution in [2.45, 2.75) is 60.0 Å². The zero-order chi connectivity index (χ0) is 13.3. The molecule has 0 aromatic carbocycles. The summed E-state index contributed by atoms with van der Waals surface area (Å²) in [6, 6.07) is 0. The summed E-state index contributed by atoms with van der Waals surface area (Å²) in [5.41, 5.74) is 0. The molecule has 1 aliphatic rings. The standard InChI is InChI=1S/C13H27NO.C2H6/c1-5-11(2)12(3)10-15-13-6-8-14(4)9-7-13;1-2/h11-13H,5-10H2,1-4H3;1-2H3. The highest BCUT2D eigenvalue weighted by Crippen LogP contribution is 2.18. The molecule has 0 aromatic rings. The van der Waals surface area contributed by atoms with E-state index < -0.39 is 0 Å². The number of rotatable bonds is 5. The number of piperidine rings is 1. The molecule has 17 heavy (non-hydrogen) atoms. The highest BCUT2D eigenvalue weighted by Gasteiger charge is 2.18. The number of ether oxygens (including phenoxy) is 1. The van der Waals surface area contributed by atoms with Gasteiger partial charge >= 0.3 is 0 Å². The van der Waals surface area contributed by atoms with Gasteiger partial charge < -0.3 is 9.64 Å². The first-order valence-corrected chi connectivity index (χ1v) is 7.43. The maximum atomic E-state index is 5.99. The lowest BCUT2D eigenvalue weighted by molar-refractivity contribution is -0.0106. The Hall–Kier alpha value is -0.0800. The van der Waals surface area contributed by atoms with Gasteiger partial charge in [0.2, 0.25) is 0 Å². The quantitative estimate of drug-likeness (QED) is 0.728. The monoisotopic (exact) mass is 243 g/mol. The predicted octanol–water partition coefficient (Wildman–Crippen LogP) is 3.81. The molecule has 1 rings (SSSR count). The van der Waals surface area contributed by atoms with Gasteiger partial charge in [-0.3, -0.25) is 0 Å². The van der Waals surface area contributed by atoms with Gasteiger partial charge in [0.15, 0.2) is 0 Å². The summed E-state index contributed by atoms with van der Waals surface area (Å²) in [6.45, 7) is 14.2. The average molecular weight is 243 g/mol. The lowest BCUT2D eigenvalue weighted by Gasteiger charge is -2.30. The van der Waals surface area contributed by atoms with Crippen molar-refractivity contribution < 1.29 is 4.74 Å². The number of nitrogens with zero attached hydrogens (tertiary/aromatic N) is 1. The van der Waals surface area contributed by atoms with Gasteiger partial charge in [-0.25, -0.2) is 0 Å². The molecule has 0 spiro atoms. The van der Waals surface area contributed by atoms with Gasteiger partial charge in [-0.1, -0.05) is 41.0 Å². The molecule has 2 heteroatoms. The fourth-order valence-corrected chi connectivity index (χ4v) is 2.01. The highest BCUT2D eigenvalue weighted by molar-refractivity contribution is 4.70. The summed E-state index contributed by atoms with van der Waals surface area (Å²) in [4.78, 5) is 2.39. The minimum absolute atomic E-state index is 0.521. The van der Waals surface area contributed by atoms with Crippen LogP contribution < -0.4 is 0 Å². The van der Waals surface area contributed by atoms with Gasteiger partial charge in [-0.2, -0.15) is 0 Å². The smallest absolute Gasteiger partial charge is 0.0599 e. The Bertz CT molecular complexity index is 164. The predicted molar refractivity (Wildman–Crippen MR) is 76.4 cm³/mol. The Morgan fingerprint density at radius 1 is 1.12 bits per heavy atom. The molecule has 0 bridgehead atoms. The van der Waals surface area contributed by atoms with Crippen LogP contribution in [0.15, 0.2) is 0 Å². The minimum Gasteiger partial charge on any atom is -0.378 e. The van der Waals surface area contributed by atoms with E-state index in [1.165, 1.54) is 32.4 Å². The molecule has 0 amide bonds. The third kappa shape index (κ3) is 7.05. The fourth-order valence-electron chi connectivity index (χ4n) is 2.01. The van der Waals surface area contributed by atoms with Gasteiger partial charge in [0.05, 0.1) is 6.10 Å². The van der Waals surface area contributed by atoms with Crippen molar-refractivity contribution in [2.24, 2.45) is 11.8 Å². The maximum Gasteiger partial charge on any atom is 0.0599 e. The highest BCUT2D eigenvalue weighted by atomic mass is 16.5. The molecule has 2 atom stereocenters. The van der Waals surface area contributed by atoms with E-state index in [2.05, 4.69) is 32.7 Å². The Balaban J connectivity index is 0.00000121. The normalized spacial score (nSPS) is 21.5. The number of hydrogen-bond donors (Lipinski definition) is 0. The zero-order valence-electron chi connectivity index (χ0n) is 12.8. The van der Waals surface area contributed by atoms with E-state index in [0.29, 0.717) is 12.0 Å². The molecule has 104 valence electrons. The third-order valence-corrected chi connectivity index (χ3v) is 3.88. The molecule has 1 saturated heterocycles. The van der Waals surface area contributed by atoms with Gasteiger partial charge in [0.25, 0.3) is 0 Å². The largest absolute Gasteiger partial charge is 0.378 e. The summed E-state index contributed by atoms with van der Waals surface area (Å²) >= 11 is 0. The molecule has 2 unspecified atom stereocenters. The van der Waals surface area contributed by atoms with E-state index in [-0.39, 0.29) is 0 Å². The van der Waals surface area contributed by atoms with Crippen molar-refractivity contribution >= 4 is 0 Å². The van der Waals surface area contributed by atoms with Crippen LogP contribution in [-0.4, -0.2) is 37.7 Å². The van der Waals surface area contributed by atoms with Crippen molar-refractivity contribution in [2.75, 3.05) is 26.7 Å². The van der Waals surface area contributed by atoms with Crippen LogP contribution >= 0.6 is 0 Å². The second kappa shape index (κ2) is 9.90. The van der Waals surface area contributed by atoms with E-state index in [0.717, 1.165) is 12.5 Å². The first kappa shape index (κ1) is 16.9. The summed E-state index contributed by atoms with van der Waals surface area (Å²) in [5, 5.41) is 0. The molecule has 0 saturated carbocycles. The van der Waals surface area contributed by atoms with E-state index in [4.69, 9.17) is 4.74 Å². The summed E-state index contributed by atoms with van der Waals surface area (Å²) in [7, 11) is 2.19. The van der Waals surface area contributed by atoms with Crippen molar-refractivity contribution in [3.63, 3.8) is 0 Å². The number of likely N-dealkylation sites (tertiary alicyclic amines) is 1. The molecule has 0 N–H and O–H groups in total. The van der Waals surface area contributed by atoms with Gasteiger partial charge in [0.1, 0.15) is 0 Å². The first-order chi connectivity index (χ1) is 8.13. The average Bonchev–Trinajstić information content (AvgIpc) is 2.39. The fraction of sp³-hybridized carbons (Fsp3) is 1.00. The molecule has 1 heterocycles. The summed E-state index contributed by atoms with van der Waals surface area (Å²) < 4.78 is 5.99. The van der Waals surface area contributed by atoms with Crippen LogP contribution in [0.5, 0.6) is 0 Å². The van der Waals surface area contributed by atoms with Crippen LogP contribution in [-0.2, 0) is 4.74 Å². The van der Waals surface area contributed by atoms with E-state index >= 15 is 0 Å². The van der Waals surface area contributed by atoms with Crippen LogP contribution in [0.4, 0.5) is 0 Å². The SMILES string of the molecule is CC.CCC(C)C(C)COC1CCN(C)CC1. The Labute approximate surface area is 109 Å². The third-order valence-electron chi connectivity index (χ3n) is 3.88. The molecule has 0 aromatic heterocycles. The maximum absolute atomic E-state index is 5.99. The second-order valence-electron chi connectivity index (χ2n) is 5.20. The Morgan fingerprint density at radius 2 is 1.65 bits per heavy atom. The Morgan fingerprint density at radius 3 is 2.12 bits per heavy atom. The lowest BCUT2D eigenvalue weighted by Crippen LogP contribution is -2.35. The minimum atomic E-state index is 0.521. The van der Waals surface area contributed by atoms with Crippen LogP contribution in [0, 0.1) is 11.8 Å². The molecule has 2 nitrogen and oxygen atoms in total. The summed E-state index contributed by atoms with van der Waals surface area (Å²) in [5.74, 6) is 1.49. The molecule has 1 aliphatic heterocycles. The molecular weight excluding hydrogens is 210 g/mol. The topological polar surface area (TPSA) is 12.5 Å². The molecule has 0 radical (unpaired) electrons. The molecule has 0 aliphatic carbocycles. The molecular formula is C15H33NO. The van der Waals surface area contributed by atoms with Crippen LogP contribution in [0.1, 0.15) is 53.9 Å². The summed E-state index contributed by atoms with van der Waals surface area (Å²) in [6.07, 6.45) is 4.21. The van der Waals surface area contributed by atoms with Crippen LogP contribution in [0.2, 0.25) is 0 Å². The van der Waals surface area contributed by atoms with Gasteiger partial charge in [-0.05, 0) is 31.7 Å². The van der Waals surface area contributed by atoms with Gasteiger partial charge in [-0.15, -0.1) is 0 Å². The first-order valence-electron chi connectivity index (χ1n) is 7.43. The number of hydrogen-bond acceptors (Lipinski definition) is 2. The van der Waals surface area contributed by atoms with Crippen molar-refractivity contribution in [3.05, 3.63) is 0 Å². The van der Waals surface area contributed by atoms with Crippen molar-refractivity contribution in [1.82, 2.24) is 4.90 Å². The molecule has 1 fully saturated rings. The Kier molecular flexibility index (Phi) is 9.85. The zero-order valence-corrected chi connectivity index (χ0v) is 12.8. The lowest BCUT2D eigenvalue weighted by atomic mass is 9.94. The van der Waals surface area contributed by atoms with E-state index in [9.17, 15) is 0 Å². The van der Waals surface area contributed by atoms with Crippen LogP contribution in [0.25, 0.3) is 0 Å². The van der Waals surface area contributed by atoms with Crippen molar-refractivity contribution in [3.8, 4) is 0 Å². The van der Waals surface area contributed by atoms with Crippen LogP contribution in [0.3, 0.4) is 0 Å². The van der Waals surface area contributed by atoms with E-state index in [1.807, 2.05) is 13.8 Å². The second-order valence-corrected chi connectivity index (χ2v) is 5.20. The van der Waals surface area contributed by atoms with Gasteiger partial charge in [0, 0.05) is 19.7 Å². The van der Waals surface area contributed by atoms with Crippen molar-refractivity contribution in [1.29, 1.82) is 0 Å².